The SMILES string of the molecule is O=C(NNC(=O)C1C2C=CC(C2)C1C(=O)O)c1ccc(Cl)cc1. The normalized spacial score (nSPS) is 27.7. The minimum absolute atomic E-state index is 0.0893. The van der Waals surface area contributed by atoms with E-state index in [0.29, 0.717) is 17.0 Å². The van der Waals surface area contributed by atoms with Gasteiger partial charge in [-0.1, -0.05) is 23.8 Å². The van der Waals surface area contributed by atoms with Gasteiger partial charge in [0.1, 0.15) is 0 Å². The van der Waals surface area contributed by atoms with E-state index in [0.717, 1.165) is 0 Å². The Morgan fingerprint density at radius 2 is 1.61 bits per heavy atom. The van der Waals surface area contributed by atoms with E-state index in [-0.39, 0.29) is 11.8 Å². The number of rotatable bonds is 3. The van der Waals surface area contributed by atoms with Gasteiger partial charge in [-0.2, -0.15) is 0 Å². The number of hydrogen-bond donors (Lipinski definition) is 3. The Morgan fingerprint density at radius 3 is 2.22 bits per heavy atom. The third-order valence-corrected chi connectivity index (χ3v) is 4.70. The quantitative estimate of drug-likeness (QED) is 0.578. The second kappa shape index (κ2) is 6.04. The van der Waals surface area contributed by atoms with Crippen molar-refractivity contribution < 1.29 is 19.5 Å². The summed E-state index contributed by atoms with van der Waals surface area (Å²) in [7, 11) is 0. The molecule has 0 aliphatic heterocycles. The first-order chi connectivity index (χ1) is 11.0. The summed E-state index contributed by atoms with van der Waals surface area (Å²) in [5.74, 6) is -3.54. The predicted octanol–water partition coefficient (Wildman–Crippen LogP) is 1.62. The zero-order valence-electron chi connectivity index (χ0n) is 12.0. The summed E-state index contributed by atoms with van der Waals surface area (Å²) in [6, 6.07) is 6.20. The van der Waals surface area contributed by atoms with Crippen molar-refractivity contribution in [2.24, 2.45) is 23.7 Å². The molecule has 2 amide bonds. The first-order valence-electron chi connectivity index (χ1n) is 7.24. The zero-order chi connectivity index (χ0) is 16.6. The van der Waals surface area contributed by atoms with E-state index in [4.69, 9.17) is 11.6 Å². The largest absolute Gasteiger partial charge is 0.481 e. The number of benzene rings is 1. The van der Waals surface area contributed by atoms with Crippen molar-refractivity contribution in [3.05, 3.63) is 47.0 Å². The van der Waals surface area contributed by atoms with Crippen LogP contribution in [-0.4, -0.2) is 22.9 Å². The molecule has 2 bridgehead atoms. The number of carboxylic acid groups (broad SMARTS) is 1. The topological polar surface area (TPSA) is 95.5 Å². The van der Waals surface area contributed by atoms with Crippen LogP contribution >= 0.6 is 11.6 Å². The van der Waals surface area contributed by atoms with Gasteiger partial charge in [0.25, 0.3) is 5.91 Å². The van der Waals surface area contributed by atoms with Gasteiger partial charge in [-0.3, -0.25) is 25.2 Å². The third-order valence-electron chi connectivity index (χ3n) is 4.45. The number of hydrazine groups is 1. The number of carbonyl (C=O) groups is 3. The van der Waals surface area contributed by atoms with E-state index in [1.165, 1.54) is 12.1 Å². The Balaban J connectivity index is 1.63. The van der Waals surface area contributed by atoms with Crippen molar-refractivity contribution in [1.29, 1.82) is 0 Å². The van der Waals surface area contributed by atoms with Crippen molar-refractivity contribution in [3.8, 4) is 0 Å². The molecular formula is C16H15ClN2O4. The fourth-order valence-electron chi connectivity index (χ4n) is 3.39. The highest BCUT2D eigenvalue weighted by molar-refractivity contribution is 6.30. The summed E-state index contributed by atoms with van der Waals surface area (Å²) in [4.78, 5) is 35.6. The molecule has 0 saturated heterocycles. The smallest absolute Gasteiger partial charge is 0.307 e. The number of halogens is 1. The van der Waals surface area contributed by atoms with Crippen LogP contribution in [0.5, 0.6) is 0 Å². The van der Waals surface area contributed by atoms with Crippen LogP contribution in [0.15, 0.2) is 36.4 Å². The van der Waals surface area contributed by atoms with Gasteiger partial charge in [-0.05, 0) is 42.5 Å². The van der Waals surface area contributed by atoms with Crippen LogP contribution < -0.4 is 10.9 Å². The number of aliphatic carboxylic acids is 1. The number of hydrogen-bond acceptors (Lipinski definition) is 3. The van der Waals surface area contributed by atoms with Crippen LogP contribution in [0, 0.1) is 23.7 Å². The predicted molar refractivity (Wildman–Crippen MR) is 82.4 cm³/mol. The van der Waals surface area contributed by atoms with Gasteiger partial charge in [0.05, 0.1) is 11.8 Å². The number of carboxylic acids is 1. The van der Waals surface area contributed by atoms with Gasteiger partial charge in [-0.15, -0.1) is 0 Å². The van der Waals surface area contributed by atoms with Crippen molar-refractivity contribution in [2.75, 3.05) is 0 Å². The van der Waals surface area contributed by atoms with E-state index < -0.39 is 29.6 Å². The minimum Gasteiger partial charge on any atom is -0.481 e. The highest BCUT2D eigenvalue weighted by atomic mass is 35.5. The molecule has 1 saturated carbocycles. The maximum atomic E-state index is 12.3. The fourth-order valence-corrected chi connectivity index (χ4v) is 3.52. The number of fused-ring (bicyclic) bond motifs is 2. The molecule has 23 heavy (non-hydrogen) atoms. The van der Waals surface area contributed by atoms with Gasteiger partial charge < -0.3 is 5.11 Å². The Bertz CT molecular complexity index is 686. The van der Waals surface area contributed by atoms with Crippen LogP contribution in [0.2, 0.25) is 5.02 Å². The highest BCUT2D eigenvalue weighted by Crippen LogP contribution is 2.48. The zero-order valence-corrected chi connectivity index (χ0v) is 12.8. The molecule has 4 atom stereocenters. The van der Waals surface area contributed by atoms with E-state index in [9.17, 15) is 19.5 Å². The van der Waals surface area contributed by atoms with E-state index >= 15 is 0 Å². The minimum atomic E-state index is -0.981. The summed E-state index contributed by atoms with van der Waals surface area (Å²) in [5, 5.41) is 9.83. The van der Waals surface area contributed by atoms with Gasteiger partial charge in [0.2, 0.25) is 5.91 Å². The summed E-state index contributed by atoms with van der Waals surface area (Å²) >= 11 is 5.75. The van der Waals surface area contributed by atoms with Crippen LogP contribution in [0.1, 0.15) is 16.8 Å². The van der Waals surface area contributed by atoms with Gasteiger partial charge in [0, 0.05) is 10.6 Å². The molecule has 120 valence electrons. The highest BCUT2D eigenvalue weighted by Gasteiger charge is 2.51. The van der Waals surface area contributed by atoms with Crippen LogP contribution in [0.25, 0.3) is 0 Å². The molecule has 1 aromatic carbocycles. The molecule has 1 aromatic rings. The fraction of sp³-hybridized carbons (Fsp3) is 0.312. The molecule has 1 fully saturated rings. The first kappa shape index (κ1) is 15.6. The lowest BCUT2D eigenvalue weighted by molar-refractivity contribution is -0.148. The third kappa shape index (κ3) is 2.94. The average Bonchev–Trinajstić information content (AvgIpc) is 3.13. The van der Waals surface area contributed by atoms with Crippen molar-refractivity contribution in [2.45, 2.75) is 6.42 Å². The summed E-state index contributed by atoms with van der Waals surface area (Å²) in [6.45, 7) is 0. The molecule has 7 heteroatoms. The Hall–Kier alpha value is -2.34. The molecule has 6 nitrogen and oxygen atoms in total. The number of amides is 2. The van der Waals surface area contributed by atoms with Crippen LogP contribution in [0.3, 0.4) is 0 Å². The molecule has 2 aliphatic carbocycles. The lowest BCUT2D eigenvalue weighted by Gasteiger charge is -2.23. The van der Waals surface area contributed by atoms with Crippen LogP contribution in [0.4, 0.5) is 0 Å². The van der Waals surface area contributed by atoms with Crippen molar-refractivity contribution in [1.82, 2.24) is 10.9 Å². The standard InChI is InChI=1S/C16H15ClN2O4/c17-11-5-3-8(4-6-11)14(20)18-19-15(21)12-9-1-2-10(7-9)13(12)16(22)23/h1-6,9-10,12-13H,7H2,(H,18,20)(H,19,21)(H,22,23). The number of nitrogens with one attached hydrogen (secondary N) is 2. The Kier molecular flexibility index (Phi) is 4.09. The van der Waals surface area contributed by atoms with E-state index in [2.05, 4.69) is 10.9 Å². The van der Waals surface area contributed by atoms with Gasteiger partial charge >= 0.3 is 5.97 Å². The second-order valence-corrected chi connectivity index (χ2v) is 6.22. The monoisotopic (exact) mass is 334 g/mol. The molecule has 0 aromatic heterocycles. The molecular weight excluding hydrogens is 320 g/mol. The molecule has 0 spiro atoms. The van der Waals surface area contributed by atoms with E-state index in [1.807, 2.05) is 12.2 Å². The maximum absolute atomic E-state index is 12.3. The number of carbonyl (C=O) groups excluding carboxylic acids is 2. The lowest BCUT2D eigenvalue weighted by Crippen LogP contribution is -2.48. The lowest BCUT2D eigenvalue weighted by atomic mass is 9.82. The molecule has 3 N–H and O–H groups in total. The molecule has 0 radical (unpaired) electrons. The van der Waals surface area contributed by atoms with Gasteiger partial charge in [0.15, 0.2) is 0 Å². The van der Waals surface area contributed by atoms with E-state index in [1.54, 1.807) is 12.1 Å². The van der Waals surface area contributed by atoms with Crippen molar-refractivity contribution in [3.63, 3.8) is 0 Å². The summed E-state index contributed by atoms with van der Waals surface area (Å²) in [5.41, 5.74) is 5.00. The second-order valence-electron chi connectivity index (χ2n) is 5.79. The summed E-state index contributed by atoms with van der Waals surface area (Å²) in [6.07, 6.45) is 4.41. The van der Waals surface area contributed by atoms with Gasteiger partial charge in [-0.25, -0.2) is 0 Å². The maximum Gasteiger partial charge on any atom is 0.307 e. The summed E-state index contributed by atoms with van der Waals surface area (Å²) < 4.78 is 0. The Labute approximate surface area is 137 Å². The molecule has 0 heterocycles. The first-order valence-corrected chi connectivity index (χ1v) is 7.62. The number of allylic oxidation sites excluding steroid dienone is 2. The molecule has 3 rings (SSSR count). The average molecular weight is 335 g/mol. The molecule has 2 aliphatic rings. The Morgan fingerprint density at radius 1 is 1.00 bits per heavy atom. The van der Waals surface area contributed by atoms with Crippen molar-refractivity contribution >= 4 is 29.4 Å². The van der Waals surface area contributed by atoms with Crippen LogP contribution in [-0.2, 0) is 9.59 Å². The molecule has 4 unspecified atom stereocenters.